The fourth-order valence-electron chi connectivity index (χ4n) is 4.93. The van der Waals surface area contributed by atoms with E-state index in [4.69, 9.17) is 23.7 Å². The Morgan fingerprint density at radius 3 is 2.62 bits per heavy atom. The minimum Gasteiger partial charge on any atom is -0.497 e. The van der Waals surface area contributed by atoms with Gasteiger partial charge in [-0.2, -0.15) is 0 Å². The number of pyridine rings is 1. The Balaban J connectivity index is 1.35. The Morgan fingerprint density at radius 1 is 0.925 bits per heavy atom. The number of nitrogens with zero attached hydrogens (tertiary/aromatic N) is 1. The van der Waals surface area contributed by atoms with Crippen LogP contribution in [0.5, 0.6) is 28.7 Å². The maximum atomic E-state index is 13.4. The third kappa shape index (κ3) is 4.75. The number of benzene rings is 3. The first-order valence-electron chi connectivity index (χ1n) is 12.7. The number of ether oxygens (including phenoxy) is 5. The van der Waals surface area contributed by atoms with Gasteiger partial charge < -0.3 is 23.7 Å². The van der Waals surface area contributed by atoms with Crippen LogP contribution in [0.1, 0.15) is 45.1 Å². The number of ketones is 1. The molecule has 0 fully saturated rings. The molecule has 1 atom stereocenters. The van der Waals surface area contributed by atoms with Gasteiger partial charge in [-0.3, -0.25) is 14.6 Å². The summed E-state index contributed by atoms with van der Waals surface area (Å²) in [4.78, 5) is 30.3. The number of Topliss-reactive ketones (excluding diaryl/α,β-unsaturated/α-hetero) is 1. The summed E-state index contributed by atoms with van der Waals surface area (Å²) >= 11 is 0. The molecular formula is C32H25NO7. The summed E-state index contributed by atoms with van der Waals surface area (Å²) in [6.07, 6.45) is 3.45. The molecule has 1 aromatic heterocycles. The molecule has 0 N–H and O–H groups in total. The average molecular weight is 536 g/mol. The van der Waals surface area contributed by atoms with E-state index >= 15 is 0 Å². The van der Waals surface area contributed by atoms with E-state index in [-0.39, 0.29) is 23.9 Å². The molecule has 8 nitrogen and oxygen atoms in total. The Hall–Kier alpha value is -5.11. The Labute approximate surface area is 230 Å². The quantitative estimate of drug-likeness (QED) is 0.168. The number of hydrogen-bond donors (Lipinski definition) is 0. The van der Waals surface area contributed by atoms with Crippen molar-refractivity contribution < 1.29 is 33.3 Å². The van der Waals surface area contributed by atoms with Crippen molar-refractivity contribution in [2.45, 2.75) is 18.9 Å². The number of esters is 1. The summed E-state index contributed by atoms with van der Waals surface area (Å²) in [6, 6.07) is 21.8. The summed E-state index contributed by atoms with van der Waals surface area (Å²) in [7, 11) is 3.12. The Kier molecular flexibility index (Phi) is 6.66. The SMILES string of the molecule is COc1ccc(/C=C2\Oc3c(ccc4c3[C@H](c3cccc(OCc5ccccn5)c3)CC(=O)O4)C2=O)c(OC)c1. The van der Waals surface area contributed by atoms with Crippen molar-refractivity contribution in [3.8, 4) is 28.7 Å². The number of allylic oxidation sites excluding steroid dienone is 1. The second kappa shape index (κ2) is 10.6. The Morgan fingerprint density at radius 2 is 1.82 bits per heavy atom. The summed E-state index contributed by atoms with van der Waals surface area (Å²) in [6.45, 7) is 0.309. The maximum Gasteiger partial charge on any atom is 0.312 e. The normalized spacial score (nSPS) is 16.6. The molecular weight excluding hydrogens is 510 g/mol. The minimum atomic E-state index is -0.396. The van der Waals surface area contributed by atoms with Crippen molar-refractivity contribution in [2.24, 2.45) is 0 Å². The van der Waals surface area contributed by atoms with Crippen LogP contribution < -0.4 is 23.7 Å². The van der Waals surface area contributed by atoms with Gasteiger partial charge in [0.15, 0.2) is 5.76 Å². The summed E-state index contributed by atoms with van der Waals surface area (Å²) in [5.74, 6) is 1.69. The molecule has 6 rings (SSSR count). The van der Waals surface area contributed by atoms with Gasteiger partial charge in [-0.1, -0.05) is 18.2 Å². The molecule has 0 saturated heterocycles. The van der Waals surface area contributed by atoms with Gasteiger partial charge in [-0.25, -0.2) is 0 Å². The maximum absolute atomic E-state index is 13.4. The summed E-state index contributed by atoms with van der Waals surface area (Å²) in [5, 5.41) is 0. The van der Waals surface area contributed by atoms with Crippen molar-refractivity contribution in [1.82, 2.24) is 4.98 Å². The molecule has 0 aliphatic carbocycles. The molecule has 2 aliphatic heterocycles. The van der Waals surface area contributed by atoms with Gasteiger partial charge in [0, 0.05) is 29.3 Å². The molecule has 3 heterocycles. The summed E-state index contributed by atoms with van der Waals surface area (Å²) in [5.41, 5.74) is 3.36. The smallest absolute Gasteiger partial charge is 0.312 e. The van der Waals surface area contributed by atoms with Crippen LogP contribution in [0.25, 0.3) is 6.08 Å². The first kappa shape index (κ1) is 25.2. The standard InChI is InChI=1S/C32H25NO7/c1-36-22-10-9-20(27(16-22)37-2)15-28-31(35)24-11-12-26-30(32(24)40-28)25(17-29(34)39-26)19-6-5-8-23(14-19)38-18-21-7-3-4-13-33-21/h3-16,25H,17-18H2,1-2H3/b28-15-/t25-/m0/s1. The molecule has 3 aromatic carbocycles. The Bertz CT molecular complexity index is 1640. The molecule has 0 unspecified atom stereocenters. The van der Waals surface area contributed by atoms with Crippen LogP contribution in [0.3, 0.4) is 0 Å². The minimum absolute atomic E-state index is 0.0933. The van der Waals surface area contributed by atoms with Crippen LogP contribution in [-0.4, -0.2) is 31.0 Å². The van der Waals surface area contributed by atoms with E-state index in [1.807, 2.05) is 42.5 Å². The van der Waals surface area contributed by atoms with Crippen molar-refractivity contribution in [3.05, 3.63) is 113 Å². The zero-order chi connectivity index (χ0) is 27.6. The van der Waals surface area contributed by atoms with E-state index < -0.39 is 5.92 Å². The number of carbonyl (C=O) groups is 2. The number of fused-ring (bicyclic) bond motifs is 3. The number of hydrogen-bond acceptors (Lipinski definition) is 8. The van der Waals surface area contributed by atoms with E-state index in [1.54, 1.807) is 56.8 Å². The van der Waals surface area contributed by atoms with Crippen molar-refractivity contribution in [2.75, 3.05) is 14.2 Å². The van der Waals surface area contributed by atoms with Gasteiger partial charge in [0.2, 0.25) is 5.78 Å². The van der Waals surface area contributed by atoms with E-state index in [0.29, 0.717) is 52.0 Å². The highest BCUT2D eigenvalue weighted by Gasteiger charge is 2.38. The zero-order valence-corrected chi connectivity index (χ0v) is 21.9. The summed E-state index contributed by atoms with van der Waals surface area (Å²) < 4.78 is 28.5. The largest absolute Gasteiger partial charge is 0.497 e. The lowest BCUT2D eigenvalue weighted by Crippen LogP contribution is -2.21. The van der Waals surface area contributed by atoms with Gasteiger partial charge >= 0.3 is 5.97 Å². The topological polar surface area (TPSA) is 93.2 Å². The molecule has 4 aromatic rings. The number of rotatable bonds is 7. The van der Waals surface area contributed by atoms with E-state index in [0.717, 1.165) is 11.3 Å². The zero-order valence-electron chi connectivity index (χ0n) is 21.9. The molecule has 8 heteroatoms. The predicted octanol–water partition coefficient (Wildman–Crippen LogP) is 5.74. The van der Waals surface area contributed by atoms with Crippen LogP contribution >= 0.6 is 0 Å². The molecule has 200 valence electrons. The number of aromatic nitrogens is 1. The fourth-order valence-corrected chi connectivity index (χ4v) is 4.93. The molecule has 0 spiro atoms. The third-order valence-electron chi connectivity index (χ3n) is 6.88. The number of carbonyl (C=O) groups excluding carboxylic acids is 2. The molecule has 0 radical (unpaired) electrons. The van der Waals surface area contributed by atoms with Crippen LogP contribution in [0.15, 0.2) is 84.8 Å². The average Bonchev–Trinajstić information content (AvgIpc) is 3.31. The lowest BCUT2D eigenvalue weighted by molar-refractivity contribution is -0.135. The van der Waals surface area contributed by atoms with Gasteiger partial charge in [-0.05, 0) is 60.2 Å². The molecule has 0 saturated carbocycles. The third-order valence-corrected chi connectivity index (χ3v) is 6.88. The first-order chi connectivity index (χ1) is 19.5. The van der Waals surface area contributed by atoms with Gasteiger partial charge in [0.25, 0.3) is 0 Å². The van der Waals surface area contributed by atoms with Crippen molar-refractivity contribution in [1.29, 1.82) is 0 Å². The second-order valence-corrected chi connectivity index (χ2v) is 9.31. The second-order valence-electron chi connectivity index (χ2n) is 9.31. The monoisotopic (exact) mass is 535 g/mol. The molecule has 2 aliphatic rings. The lowest BCUT2D eigenvalue weighted by Gasteiger charge is -2.26. The van der Waals surface area contributed by atoms with Gasteiger partial charge in [0.1, 0.15) is 35.4 Å². The van der Waals surface area contributed by atoms with Crippen LogP contribution in [0.4, 0.5) is 0 Å². The van der Waals surface area contributed by atoms with Crippen LogP contribution in [0.2, 0.25) is 0 Å². The molecule has 0 amide bonds. The molecule has 40 heavy (non-hydrogen) atoms. The van der Waals surface area contributed by atoms with E-state index in [9.17, 15) is 9.59 Å². The predicted molar refractivity (Wildman–Crippen MR) is 146 cm³/mol. The number of methoxy groups -OCH3 is 2. The molecule has 0 bridgehead atoms. The highest BCUT2D eigenvalue weighted by molar-refractivity contribution is 6.15. The van der Waals surface area contributed by atoms with E-state index in [2.05, 4.69) is 4.98 Å². The van der Waals surface area contributed by atoms with E-state index in [1.165, 1.54) is 0 Å². The fraction of sp³-hybridized carbons (Fsp3) is 0.156. The lowest BCUT2D eigenvalue weighted by atomic mass is 9.84. The van der Waals surface area contributed by atoms with Crippen molar-refractivity contribution in [3.63, 3.8) is 0 Å². The van der Waals surface area contributed by atoms with Crippen LogP contribution in [-0.2, 0) is 11.4 Å². The first-order valence-corrected chi connectivity index (χ1v) is 12.7. The highest BCUT2D eigenvalue weighted by atomic mass is 16.5. The van der Waals surface area contributed by atoms with Crippen LogP contribution in [0, 0.1) is 0 Å². The van der Waals surface area contributed by atoms with Gasteiger partial charge in [-0.15, -0.1) is 0 Å². The van der Waals surface area contributed by atoms with Gasteiger partial charge in [0.05, 0.1) is 31.9 Å². The highest BCUT2D eigenvalue weighted by Crippen LogP contribution is 2.49. The van der Waals surface area contributed by atoms with Crippen molar-refractivity contribution >= 4 is 17.8 Å².